The summed E-state index contributed by atoms with van der Waals surface area (Å²) in [4.78, 5) is 69.6. The van der Waals surface area contributed by atoms with Crippen molar-refractivity contribution in [2.45, 2.75) is 125 Å². The number of aromatic nitrogens is 3. The Kier molecular flexibility index (Phi) is 11.8. The summed E-state index contributed by atoms with van der Waals surface area (Å²) in [5, 5.41) is 24.5. The van der Waals surface area contributed by atoms with Crippen molar-refractivity contribution in [3.05, 3.63) is 41.7 Å². The van der Waals surface area contributed by atoms with Crippen LogP contribution in [0.5, 0.6) is 0 Å². The fourth-order valence-electron chi connectivity index (χ4n) is 7.98. The van der Waals surface area contributed by atoms with Crippen molar-refractivity contribution in [1.29, 1.82) is 0 Å². The fourth-order valence-corrected chi connectivity index (χ4v) is 10.8. The molecule has 1 aromatic carbocycles. The lowest BCUT2D eigenvalue weighted by atomic mass is 9.84. The van der Waals surface area contributed by atoms with Crippen LogP contribution in [0, 0.1) is 5.92 Å². The Hall–Kier alpha value is -4.27. The molecule has 306 valence electrons. The molecule has 6 rings (SSSR count). The Bertz CT molecular complexity index is 2060. The molecule has 4 amide bonds. The molecule has 6 N–H and O–H groups in total. The number of nitrogens with zero attached hydrogens (tertiary/aromatic N) is 4. The molecule has 2 saturated carbocycles. The van der Waals surface area contributed by atoms with Crippen LogP contribution in [0.4, 0.5) is 0 Å². The average molecular weight is 819 g/mol. The molecule has 2 aliphatic carbocycles. The first-order valence-electron chi connectivity index (χ1n) is 19.0. The third-order valence-electron chi connectivity index (χ3n) is 11.3. The molecule has 0 radical (unpaired) electrons. The second-order valence-corrected chi connectivity index (χ2v) is 20.1. The molecule has 3 atom stereocenters. The average Bonchev–Trinajstić information content (AvgIpc) is 3.60. The zero-order valence-electron chi connectivity index (χ0n) is 31.5. The van der Waals surface area contributed by atoms with E-state index in [0.29, 0.717) is 5.69 Å². The van der Waals surface area contributed by atoms with E-state index in [1.807, 2.05) is 0 Å². The molecule has 20 heteroatoms. The third kappa shape index (κ3) is 9.29. The first-order valence-corrected chi connectivity index (χ1v) is 22.3. The highest BCUT2D eigenvalue weighted by atomic mass is 32.2. The van der Waals surface area contributed by atoms with Crippen molar-refractivity contribution in [3.8, 4) is 0 Å². The van der Waals surface area contributed by atoms with Gasteiger partial charge in [-0.25, -0.2) is 26.2 Å². The number of likely N-dealkylation sites (tertiary alicyclic amines) is 1. The van der Waals surface area contributed by atoms with E-state index in [-0.39, 0.29) is 41.8 Å². The van der Waals surface area contributed by atoms with Crippen LogP contribution in [-0.2, 0) is 44.6 Å². The summed E-state index contributed by atoms with van der Waals surface area (Å²) in [6.45, 7) is 2.94. The molecule has 2 saturated heterocycles. The highest BCUT2D eigenvalue weighted by Crippen LogP contribution is 2.35. The van der Waals surface area contributed by atoms with Crippen LogP contribution in [-0.4, -0.2) is 113 Å². The summed E-state index contributed by atoms with van der Waals surface area (Å²) in [5.41, 5.74) is 2.46. The normalized spacial score (nSPS) is 23.2. The first-order chi connectivity index (χ1) is 26.3. The van der Waals surface area contributed by atoms with Gasteiger partial charge in [0.15, 0.2) is 9.84 Å². The van der Waals surface area contributed by atoms with Crippen LogP contribution in [0.3, 0.4) is 0 Å². The number of hydrogen-bond acceptors (Lipinski definition) is 12. The van der Waals surface area contributed by atoms with E-state index in [9.17, 15) is 45.9 Å². The molecule has 1 unspecified atom stereocenters. The van der Waals surface area contributed by atoms with E-state index in [0.717, 1.165) is 44.9 Å². The molecule has 56 heavy (non-hydrogen) atoms. The summed E-state index contributed by atoms with van der Waals surface area (Å²) in [7, 11) is -7.33. The lowest BCUT2D eigenvalue weighted by molar-refractivity contribution is -0.145. The zero-order chi connectivity index (χ0) is 40.6. The number of ketones is 1. The maximum atomic E-state index is 14.8. The SMILES string of the molecule is CC(C)(O)c1cnnn1[C@H]1C[C@@H](C(=O)NC2(C(=O)C(N)=O)CCS(=O)(=O)CC2)N(C(=O)C(CC2CCCCC2)NC(=O)c2ccc(S(=O)(=O)NC3CC3)cc2)C1. The topological polar surface area (TPSA) is 270 Å². The molecule has 1 aromatic heterocycles. The van der Waals surface area contributed by atoms with Crippen molar-refractivity contribution in [2.75, 3.05) is 18.1 Å². The third-order valence-corrected chi connectivity index (χ3v) is 14.5. The molecule has 4 aliphatic rings. The minimum absolute atomic E-state index is 0.00515. The van der Waals surface area contributed by atoms with Crippen LogP contribution in [0.15, 0.2) is 35.4 Å². The predicted molar refractivity (Wildman–Crippen MR) is 200 cm³/mol. The number of sulfone groups is 1. The summed E-state index contributed by atoms with van der Waals surface area (Å²) in [6.07, 6.45) is 6.84. The van der Waals surface area contributed by atoms with E-state index in [4.69, 9.17) is 5.73 Å². The molecule has 0 bridgehead atoms. The highest BCUT2D eigenvalue weighted by molar-refractivity contribution is 7.91. The predicted octanol–water partition coefficient (Wildman–Crippen LogP) is -0.0248. The Morgan fingerprint density at radius 1 is 1.02 bits per heavy atom. The molecular formula is C36H50N8O10S2. The van der Waals surface area contributed by atoms with Crippen LogP contribution < -0.4 is 21.1 Å². The quantitative estimate of drug-likeness (QED) is 0.157. The maximum absolute atomic E-state index is 14.8. The van der Waals surface area contributed by atoms with Gasteiger partial charge in [-0.2, -0.15) is 0 Å². The number of carbonyl (C=O) groups excluding carboxylic acids is 5. The lowest BCUT2D eigenvalue weighted by Crippen LogP contribution is -2.64. The van der Waals surface area contributed by atoms with Gasteiger partial charge in [-0.1, -0.05) is 37.3 Å². The summed E-state index contributed by atoms with van der Waals surface area (Å²) in [5.74, 6) is -5.46. The van der Waals surface area contributed by atoms with Gasteiger partial charge in [0, 0.05) is 24.6 Å². The molecule has 2 aliphatic heterocycles. The second kappa shape index (κ2) is 15.9. The highest BCUT2D eigenvalue weighted by Gasteiger charge is 2.51. The molecule has 3 heterocycles. The number of Topliss-reactive ketones (excluding diaryl/α,β-unsaturated/α-hetero) is 1. The Balaban J connectivity index is 1.31. The minimum atomic E-state index is -3.77. The second-order valence-electron chi connectivity index (χ2n) is 16.1. The number of sulfonamides is 1. The van der Waals surface area contributed by atoms with Crippen molar-refractivity contribution in [2.24, 2.45) is 11.7 Å². The van der Waals surface area contributed by atoms with Gasteiger partial charge in [-0.15, -0.1) is 5.10 Å². The number of nitrogens with two attached hydrogens (primary N) is 1. The first kappa shape index (κ1) is 41.4. The monoisotopic (exact) mass is 818 g/mol. The van der Waals surface area contributed by atoms with Crippen molar-refractivity contribution >= 4 is 49.3 Å². The lowest BCUT2D eigenvalue weighted by Gasteiger charge is -2.37. The number of benzene rings is 1. The van der Waals surface area contributed by atoms with Crippen molar-refractivity contribution in [1.82, 2.24) is 35.2 Å². The number of hydrogen-bond donors (Lipinski definition) is 5. The Labute approximate surface area is 325 Å². The van der Waals surface area contributed by atoms with Gasteiger partial charge < -0.3 is 26.4 Å². The van der Waals surface area contributed by atoms with E-state index in [2.05, 4.69) is 25.7 Å². The number of rotatable bonds is 14. The van der Waals surface area contributed by atoms with Crippen LogP contribution in [0.1, 0.15) is 107 Å². The van der Waals surface area contributed by atoms with E-state index < -0.39 is 103 Å². The molecule has 4 fully saturated rings. The molecular weight excluding hydrogens is 769 g/mol. The zero-order valence-corrected chi connectivity index (χ0v) is 33.1. The Morgan fingerprint density at radius 3 is 2.25 bits per heavy atom. The van der Waals surface area contributed by atoms with Gasteiger partial charge in [0.25, 0.3) is 11.8 Å². The van der Waals surface area contributed by atoms with Crippen molar-refractivity contribution < 1.29 is 45.9 Å². The number of primary amides is 1. The summed E-state index contributed by atoms with van der Waals surface area (Å²) >= 11 is 0. The van der Waals surface area contributed by atoms with Crippen LogP contribution in [0.2, 0.25) is 0 Å². The van der Waals surface area contributed by atoms with E-state index >= 15 is 0 Å². The van der Waals surface area contributed by atoms with Crippen molar-refractivity contribution in [3.63, 3.8) is 0 Å². The smallest absolute Gasteiger partial charge is 0.287 e. The number of amides is 4. The fraction of sp³-hybridized carbons (Fsp3) is 0.639. The van der Waals surface area contributed by atoms with E-state index in [1.54, 1.807) is 0 Å². The molecule has 0 spiro atoms. The van der Waals surface area contributed by atoms with Gasteiger partial charge in [-0.3, -0.25) is 24.0 Å². The minimum Gasteiger partial charge on any atom is -0.384 e. The van der Waals surface area contributed by atoms with Crippen LogP contribution in [0.25, 0.3) is 0 Å². The van der Waals surface area contributed by atoms with E-state index in [1.165, 1.54) is 53.9 Å². The van der Waals surface area contributed by atoms with Gasteiger partial charge in [0.1, 0.15) is 23.2 Å². The largest absolute Gasteiger partial charge is 0.384 e. The van der Waals surface area contributed by atoms with Gasteiger partial charge in [-0.05, 0) is 76.1 Å². The Morgan fingerprint density at radius 2 is 1.66 bits per heavy atom. The number of nitrogens with one attached hydrogen (secondary N) is 3. The molecule has 18 nitrogen and oxygen atoms in total. The maximum Gasteiger partial charge on any atom is 0.287 e. The van der Waals surface area contributed by atoms with Gasteiger partial charge >= 0.3 is 0 Å². The summed E-state index contributed by atoms with van der Waals surface area (Å²) in [6, 6.07) is 2.12. The number of aliphatic hydroxyl groups is 1. The van der Waals surface area contributed by atoms with Crippen LogP contribution >= 0.6 is 0 Å². The summed E-state index contributed by atoms with van der Waals surface area (Å²) < 4.78 is 54.2. The van der Waals surface area contributed by atoms with Gasteiger partial charge in [0.05, 0.1) is 34.3 Å². The number of carbonyl (C=O) groups is 5. The molecule has 2 aromatic rings. The van der Waals surface area contributed by atoms with Gasteiger partial charge in [0.2, 0.25) is 27.6 Å². The standard InChI is InChI=1S/C36H50N8O10S2/c1-35(2,50)29-20-38-42-44(29)25-19-28(33(48)40-36(30(45)31(37)46)14-16-55(51,52)17-15-36)43(21-25)34(49)27(18-22-6-4-3-5-7-22)39-32(47)23-8-12-26(13-9-23)56(53,54)41-24-10-11-24/h8-9,12-13,20,22,24-25,27-28,41,50H,3-7,10-11,14-19,21H2,1-2H3,(H2,37,46)(H,39,47)(H,40,48)/t25-,27?,28-/m0/s1.